The van der Waals surface area contributed by atoms with Gasteiger partial charge in [-0.15, -0.1) is 0 Å². The number of hydrogen-bond acceptors (Lipinski definition) is 3. The lowest BCUT2D eigenvalue weighted by molar-refractivity contribution is 0.191. The quantitative estimate of drug-likeness (QED) is 0.688. The fraction of sp³-hybridized carbons (Fsp3) is 0.455. The zero-order valence-electron chi connectivity index (χ0n) is 15.9. The van der Waals surface area contributed by atoms with E-state index in [1.165, 1.54) is 18.2 Å². The molecule has 0 aromatic heterocycles. The highest BCUT2D eigenvalue weighted by molar-refractivity contribution is 5.32. The van der Waals surface area contributed by atoms with Gasteiger partial charge in [-0.3, -0.25) is 0 Å². The molecular weight excluding hydrogens is 369 g/mol. The van der Waals surface area contributed by atoms with Crippen LogP contribution in [-0.4, -0.2) is 18.3 Å². The van der Waals surface area contributed by atoms with Gasteiger partial charge < -0.3 is 14.6 Å². The van der Waals surface area contributed by atoms with Crippen molar-refractivity contribution in [1.82, 2.24) is 0 Å². The van der Waals surface area contributed by atoms with Gasteiger partial charge >= 0.3 is 0 Å². The summed E-state index contributed by atoms with van der Waals surface area (Å²) in [6.07, 6.45) is 3.30. The van der Waals surface area contributed by atoms with E-state index in [0.717, 1.165) is 25.7 Å². The second kappa shape index (κ2) is 9.32. The standard InChI is InChI=1S/C22H25F3O3/c1-2-27-17-8-9-18(19(23)11-17)15-5-3-14(4-6-15)13-28-20-10-7-16(12-26)21(24)22(20)25/h7-11,14-15,26H,2-6,12-13H2,1H3. The molecule has 0 heterocycles. The minimum absolute atomic E-state index is 0.0947. The topological polar surface area (TPSA) is 38.7 Å². The lowest BCUT2D eigenvalue weighted by atomic mass is 9.79. The van der Waals surface area contributed by atoms with Gasteiger partial charge in [0.2, 0.25) is 5.82 Å². The number of halogens is 3. The fourth-order valence-electron chi connectivity index (χ4n) is 3.75. The summed E-state index contributed by atoms with van der Waals surface area (Å²) < 4.78 is 52.8. The monoisotopic (exact) mass is 394 g/mol. The van der Waals surface area contributed by atoms with Gasteiger partial charge in [0, 0.05) is 11.6 Å². The van der Waals surface area contributed by atoms with Crippen LogP contribution in [0.15, 0.2) is 30.3 Å². The van der Waals surface area contributed by atoms with E-state index in [9.17, 15) is 13.2 Å². The maximum Gasteiger partial charge on any atom is 0.200 e. The molecule has 1 aliphatic rings. The maximum absolute atomic E-state index is 14.4. The van der Waals surface area contributed by atoms with Crippen LogP contribution in [0, 0.1) is 23.4 Å². The summed E-state index contributed by atoms with van der Waals surface area (Å²) in [5.41, 5.74) is 0.610. The number of benzene rings is 2. The van der Waals surface area contributed by atoms with Crippen LogP contribution in [-0.2, 0) is 6.61 Å². The largest absolute Gasteiger partial charge is 0.494 e. The molecule has 1 N–H and O–H groups in total. The van der Waals surface area contributed by atoms with Crippen molar-refractivity contribution in [2.75, 3.05) is 13.2 Å². The number of rotatable bonds is 7. The maximum atomic E-state index is 14.4. The molecule has 0 aliphatic heterocycles. The van der Waals surface area contributed by atoms with Crippen LogP contribution < -0.4 is 9.47 Å². The summed E-state index contributed by atoms with van der Waals surface area (Å²) in [5, 5.41) is 8.97. The number of aliphatic hydroxyl groups is 1. The molecule has 1 saturated carbocycles. The van der Waals surface area contributed by atoms with Crippen molar-refractivity contribution in [2.24, 2.45) is 5.92 Å². The van der Waals surface area contributed by atoms with Crippen LogP contribution in [0.3, 0.4) is 0 Å². The van der Waals surface area contributed by atoms with Crippen molar-refractivity contribution >= 4 is 0 Å². The highest BCUT2D eigenvalue weighted by Crippen LogP contribution is 2.38. The van der Waals surface area contributed by atoms with Crippen molar-refractivity contribution in [3.05, 3.63) is 58.9 Å². The summed E-state index contributed by atoms with van der Waals surface area (Å²) >= 11 is 0. The van der Waals surface area contributed by atoms with Gasteiger partial charge in [-0.2, -0.15) is 4.39 Å². The molecule has 0 unspecified atom stereocenters. The minimum atomic E-state index is -1.07. The van der Waals surface area contributed by atoms with E-state index in [2.05, 4.69) is 0 Å². The molecule has 0 saturated heterocycles. The van der Waals surface area contributed by atoms with Gasteiger partial charge in [0.25, 0.3) is 0 Å². The Morgan fingerprint density at radius 1 is 0.964 bits per heavy atom. The Balaban J connectivity index is 1.54. The van der Waals surface area contributed by atoms with Gasteiger partial charge in [-0.05, 0) is 68.2 Å². The van der Waals surface area contributed by atoms with Gasteiger partial charge in [-0.1, -0.05) is 6.07 Å². The number of hydrogen-bond donors (Lipinski definition) is 1. The normalized spacial score (nSPS) is 19.5. The third-order valence-electron chi connectivity index (χ3n) is 5.34. The van der Waals surface area contributed by atoms with Gasteiger partial charge in [0.15, 0.2) is 11.6 Å². The molecule has 2 aromatic rings. The first-order valence-corrected chi connectivity index (χ1v) is 9.66. The summed E-state index contributed by atoms with van der Waals surface area (Å²) in [4.78, 5) is 0. The van der Waals surface area contributed by atoms with E-state index in [0.29, 0.717) is 17.9 Å². The molecule has 0 bridgehead atoms. The average molecular weight is 394 g/mol. The Kier molecular flexibility index (Phi) is 6.83. The van der Waals surface area contributed by atoms with Gasteiger partial charge in [0.1, 0.15) is 11.6 Å². The number of ether oxygens (including phenoxy) is 2. The first kappa shape index (κ1) is 20.5. The van der Waals surface area contributed by atoms with Crippen LogP contribution in [0.2, 0.25) is 0 Å². The Labute approximate surface area is 163 Å². The van der Waals surface area contributed by atoms with Crippen molar-refractivity contribution in [1.29, 1.82) is 0 Å². The van der Waals surface area contributed by atoms with Crippen LogP contribution in [0.1, 0.15) is 49.7 Å². The highest BCUT2D eigenvalue weighted by atomic mass is 19.2. The molecule has 0 spiro atoms. The smallest absolute Gasteiger partial charge is 0.200 e. The van der Waals surface area contributed by atoms with E-state index in [4.69, 9.17) is 14.6 Å². The van der Waals surface area contributed by atoms with Crippen LogP contribution in [0.4, 0.5) is 13.2 Å². The van der Waals surface area contributed by atoms with Gasteiger partial charge in [0.05, 0.1) is 19.8 Å². The minimum Gasteiger partial charge on any atom is -0.494 e. The van der Waals surface area contributed by atoms with Gasteiger partial charge in [-0.25, -0.2) is 8.78 Å². The molecule has 2 aromatic carbocycles. The molecule has 0 radical (unpaired) electrons. The third kappa shape index (κ3) is 4.61. The van der Waals surface area contributed by atoms with Crippen molar-refractivity contribution < 1.29 is 27.8 Å². The Bertz CT molecular complexity index is 802. The molecule has 1 fully saturated rings. The van der Waals surface area contributed by atoms with Crippen LogP contribution in [0.5, 0.6) is 11.5 Å². The van der Waals surface area contributed by atoms with E-state index >= 15 is 0 Å². The summed E-state index contributed by atoms with van der Waals surface area (Å²) in [6.45, 7) is 2.08. The summed E-state index contributed by atoms with van der Waals surface area (Å²) in [7, 11) is 0. The highest BCUT2D eigenvalue weighted by Gasteiger charge is 2.25. The first-order chi connectivity index (χ1) is 13.5. The molecule has 152 valence electrons. The molecule has 6 heteroatoms. The average Bonchev–Trinajstić information content (AvgIpc) is 2.70. The van der Waals surface area contributed by atoms with Crippen molar-refractivity contribution in [2.45, 2.75) is 45.1 Å². The van der Waals surface area contributed by atoms with Crippen LogP contribution in [0.25, 0.3) is 0 Å². The molecule has 3 nitrogen and oxygen atoms in total. The summed E-state index contributed by atoms with van der Waals surface area (Å²) in [5.74, 6) is -1.65. The van der Waals surface area contributed by atoms with Crippen molar-refractivity contribution in [3.63, 3.8) is 0 Å². The third-order valence-corrected chi connectivity index (χ3v) is 5.34. The molecule has 3 rings (SSSR count). The Morgan fingerprint density at radius 3 is 2.36 bits per heavy atom. The fourth-order valence-corrected chi connectivity index (χ4v) is 3.75. The first-order valence-electron chi connectivity index (χ1n) is 9.66. The zero-order valence-corrected chi connectivity index (χ0v) is 15.9. The molecule has 1 aliphatic carbocycles. The Morgan fingerprint density at radius 2 is 1.71 bits per heavy atom. The van der Waals surface area contributed by atoms with Crippen LogP contribution >= 0.6 is 0 Å². The predicted octanol–water partition coefficient (Wildman–Crippen LogP) is 5.35. The summed E-state index contributed by atoms with van der Waals surface area (Å²) in [6, 6.07) is 7.68. The lowest BCUT2D eigenvalue weighted by Gasteiger charge is -2.29. The van der Waals surface area contributed by atoms with E-state index < -0.39 is 18.2 Å². The van der Waals surface area contributed by atoms with Crippen molar-refractivity contribution in [3.8, 4) is 11.5 Å². The van der Waals surface area contributed by atoms with E-state index in [-0.39, 0.29) is 35.6 Å². The molecular formula is C22H25F3O3. The molecule has 28 heavy (non-hydrogen) atoms. The number of aliphatic hydroxyl groups excluding tert-OH is 1. The lowest BCUT2D eigenvalue weighted by Crippen LogP contribution is -2.20. The second-order valence-corrected chi connectivity index (χ2v) is 7.15. The SMILES string of the molecule is CCOc1ccc(C2CCC(COc3ccc(CO)c(F)c3F)CC2)c(F)c1. The molecule has 0 amide bonds. The molecule has 0 atom stereocenters. The second-order valence-electron chi connectivity index (χ2n) is 7.15. The van der Waals surface area contributed by atoms with E-state index in [1.807, 2.05) is 6.92 Å². The Hall–Kier alpha value is -2.21. The van der Waals surface area contributed by atoms with E-state index in [1.54, 1.807) is 12.1 Å². The predicted molar refractivity (Wildman–Crippen MR) is 100 cm³/mol. The zero-order chi connectivity index (χ0) is 20.1.